The molecule has 1 N–H and O–H groups in total. The van der Waals surface area contributed by atoms with Gasteiger partial charge in [-0.05, 0) is 49.3 Å². The first-order valence-electron chi connectivity index (χ1n) is 12.3. The number of benzene rings is 1. The Balaban J connectivity index is 1.56. The summed E-state index contributed by atoms with van der Waals surface area (Å²) >= 11 is 1.61. The lowest BCUT2D eigenvalue weighted by molar-refractivity contribution is -0.134. The van der Waals surface area contributed by atoms with E-state index in [1.54, 1.807) is 30.5 Å². The fourth-order valence-electron chi connectivity index (χ4n) is 5.62. The highest BCUT2D eigenvalue weighted by Gasteiger charge is 2.48. The summed E-state index contributed by atoms with van der Waals surface area (Å²) < 4.78 is 14.2. The van der Waals surface area contributed by atoms with E-state index < -0.39 is 5.54 Å². The van der Waals surface area contributed by atoms with Crippen molar-refractivity contribution < 1.29 is 19.1 Å². The normalized spacial score (nSPS) is 24.3. The standard InChI is InChI=1S/C27H33N3O4S/c1-17-8-5-6-10-19(17)28-26(32)27(2)16-29-20-12-13-35-23(20)14-21(29)25(31)30(27)15-18-9-7-11-22(33-3)24(18)34-4/h7,9,11-14,17,19H,5-6,8,10,15-16H2,1-4H3,(H,28,32). The molecule has 0 saturated heterocycles. The molecule has 1 aliphatic carbocycles. The van der Waals surface area contributed by atoms with Crippen LogP contribution in [-0.4, -0.2) is 47.1 Å². The fourth-order valence-corrected chi connectivity index (χ4v) is 6.45. The Bertz CT molecular complexity index is 1260. The van der Waals surface area contributed by atoms with E-state index in [4.69, 9.17) is 9.47 Å². The summed E-state index contributed by atoms with van der Waals surface area (Å²) in [5.74, 6) is 1.34. The number of rotatable bonds is 6. The van der Waals surface area contributed by atoms with Crippen molar-refractivity contribution in [2.24, 2.45) is 5.92 Å². The topological polar surface area (TPSA) is 72.8 Å². The van der Waals surface area contributed by atoms with Crippen molar-refractivity contribution in [2.75, 3.05) is 14.2 Å². The number of thiophene rings is 1. The molecule has 0 radical (unpaired) electrons. The van der Waals surface area contributed by atoms with Crippen LogP contribution in [0.25, 0.3) is 10.2 Å². The molecule has 0 spiro atoms. The maximum absolute atomic E-state index is 14.0. The maximum Gasteiger partial charge on any atom is 0.271 e. The van der Waals surface area contributed by atoms with E-state index in [0.29, 0.717) is 29.7 Å². The van der Waals surface area contributed by atoms with E-state index in [-0.39, 0.29) is 24.4 Å². The second-order valence-electron chi connectivity index (χ2n) is 9.95. The summed E-state index contributed by atoms with van der Waals surface area (Å²) in [6.45, 7) is 4.73. The molecule has 0 bridgehead atoms. The van der Waals surface area contributed by atoms with Gasteiger partial charge >= 0.3 is 0 Å². The molecule has 3 heterocycles. The number of carbonyl (C=O) groups excluding carboxylic acids is 2. The minimum absolute atomic E-state index is 0.103. The summed E-state index contributed by atoms with van der Waals surface area (Å²) in [5.41, 5.74) is 1.35. The Kier molecular flexibility index (Phi) is 6.25. The predicted octanol–water partition coefficient (Wildman–Crippen LogP) is 4.83. The number of hydrogen-bond acceptors (Lipinski definition) is 5. The van der Waals surface area contributed by atoms with E-state index in [1.165, 1.54) is 6.42 Å². The van der Waals surface area contributed by atoms with Crippen molar-refractivity contribution in [3.8, 4) is 11.5 Å². The number of carbonyl (C=O) groups is 2. The number of hydrogen-bond donors (Lipinski definition) is 1. The molecule has 2 amide bonds. The van der Waals surface area contributed by atoms with Crippen LogP contribution in [0.4, 0.5) is 0 Å². The van der Waals surface area contributed by atoms with Gasteiger partial charge in [-0.3, -0.25) is 9.59 Å². The third kappa shape index (κ3) is 3.97. The van der Waals surface area contributed by atoms with E-state index in [1.807, 2.05) is 47.2 Å². The van der Waals surface area contributed by atoms with Crippen molar-refractivity contribution in [1.82, 2.24) is 14.8 Å². The second-order valence-corrected chi connectivity index (χ2v) is 10.9. The zero-order chi connectivity index (χ0) is 24.7. The van der Waals surface area contributed by atoms with Crippen LogP contribution in [0.1, 0.15) is 55.6 Å². The number of nitrogens with one attached hydrogen (secondary N) is 1. The quantitative estimate of drug-likeness (QED) is 0.532. The van der Waals surface area contributed by atoms with Gasteiger partial charge in [0.15, 0.2) is 11.5 Å². The van der Waals surface area contributed by atoms with Crippen molar-refractivity contribution in [3.05, 3.63) is 47.0 Å². The van der Waals surface area contributed by atoms with Gasteiger partial charge in [0, 0.05) is 11.6 Å². The highest BCUT2D eigenvalue weighted by atomic mass is 32.1. The van der Waals surface area contributed by atoms with Gasteiger partial charge in [0.2, 0.25) is 5.91 Å². The van der Waals surface area contributed by atoms with Crippen molar-refractivity contribution in [3.63, 3.8) is 0 Å². The smallest absolute Gasteiger partial charge is 0.271 e. The summed E-state index contributed by atoms with van der Waals surface area (Å²) in [6.07, 6.45) is 4.41. The van der Waals surface area contributed by atoms with Crippen LogP contribution >= 0.6 is 11.3 Å². The average Bonchev–Trinajstić information content (AvgIpc) is 3.45. The SMILES string of the molecule is COc1cccc(CN2C(=O)c3cc4sccc4n3CC2(C)C(=O)NC2CCCCC2C)c1OC. The lowest BCUT2D eigenvalue weighted by atomic mass is 9.85. The third-order valence-electron chi connectivity index (χ3n) is 7.78. The van der Waals surface area contributed by atoms with Crippen LogP contribution in [0, 0.1) is 5.92 Å². The van der Waals surface area contributed by atoms with Gasteiger partial charge in [0.1, 0.15) is 11.2 Å². The summed E-state index contributed by atoms with van der Waals surface area (Å²) in [6, 6.07) is 9.73. The average molecular weight is 496 g/mol. The van der Waals surface area contributed by atoms with Gasteiger partial charge in [-0.2, -0.15) is 0 Å². The van der Waals surface area contributed by atoms with E-state index >= 15 is 0 Å². The zero-order valence-electron chi connectivity index (χ0n) is 20.8. The van der Waals surface area contributed by atoms with Crippen molar-refractivity contribution in [1.29, 1.82) is 0 Å². The molecule has 186 valence electrons. The third-order valence-corrected chi connectivity index (χ3v) is 8.63. The van der Waals surface area contributed by atoms with E-state index in [2.05, 4.69) is 12.2 Å². The summed E-state index contributed by atoms with van der Waals surface area (Å²) in [5, 5.41) is 5.36. The van der Waals surface area contributed by atoms with Gasteiger partial charge in [0.25, 0.3) is 5.91 Å². The molecule has 2 aromatic heterocycles. The number of nitrogens with zero attached hydrogens (tertiary/aromatic N) is 2. The minimum Gasteiger partial charge on any atom is -0.493 e. The largest absolute Gasteiger partial charge is 0.493 e. The van der Waals surface area contributed by atoms with Crippen LogP contribution in [0.5, 0.6) is 11.5 Å². The molecule has 1 fully saturated rings. The molecular weight excluding hydrogens is 462 g/mol. The Morgan fingerprint density at radius 1 is 1.20 bits per heavy atom. The Labute approximate surface area is 210 Å². The molecule has 8 heteroatoms. The second kappa shape index (κ2) is 9.22. The first kappa shape index (κ1) is 23.7. The van der Waals surface area contributed by atoms with Crippen LogP contribution in [-0.2, 0) is 17.9 Å². The fraction of sp³-hybridized carbons (Fsp3) is 0.481. The lowest BCUT2D eigenvalue weighted by Gasteiger charge is -2.45. The predicted molar refractivity (Wildman–Crippen MR) is 137 cm³/mol. The molecule has 35 heavy (non-hydrogen) atoms. The van der Waals surface area contributed by atoms with Gasteiger partial charge in [0.05, 0.1) is 37.5 Å². The molecule has 5 rings (SSSR count). The number of aromatic nitrogens is 1. The molecule has 2 aliphatic rings. The van der Waals surface area contributed by atoms with Gasteiger partial charge < -0.3 is 24.3 Å². The molecule has 3 atom stereocenters. The monoisotopic (exact) mass is 495 g/mol. The zero-order valence-corrected chi connectivity index (χ0v) is 21.6. The van der Waals surface area contributed by atoms with Crippen molar-refractivity contribution in [2.45, 2.75) is 64.2 Å². The molecule has 1 aliphatic heterocycles. The Hall–Kier alpha value is -3.00. The lowest BCUT2D eigenvalue weighted by Crippen LogP contribution is -2.65. The van der Waals surface area contributed by atoms with Gasteiger partial charge in [-0.1, -0.05) is 31.9 Å². The highest BCUT2D eigenvalue weighted by Crippen LogP contribution is 2.38. The highest BCUT2D eigenvalue weighted by molar-refractivity contribution is 7.17. The molecule has 3 unspecified atom stereocenters. The number of fused-ring (bicyclic) bond motifs is 3. The Morgan fingerprint density at radius 2 is 2.00 bits per heavy atom. The Morgan fingerprint density at radius 3 is 2.74 bits per heavy atom. The van der Waals surface area contributed by atoms with Crippen LogP contribution < -0.4 is 14.8 Å². The van der Waals surface area contributed by atoms with E-state index in [9.17, 15) is 9.59 Å². The van der Waals surface area contributed by atoms with Gasteiger partial charge in [-0.25, -0.2) is 0 Å². The van der Waals surface area contributed by atoms with Crippen LogP contribution in [0.2, 0.25) is 0 Å². The number of methoxy groups -OCH3 is 2. The number of amides is 2. The molecular formula is C27H33N3O4S. The molecule has 1 saturated carbocycles. The molecule has 7 nitrogen and oxygen atoms in total. The number of para-hydroxylation sites is 1. The molecule has 3 aromatic rings. The number of ether oxygens (including phenoxy) is 2. The summed E-state index contributed by atoms with van der Waals surface area (Å²) in [7, 11) is 3.19. The van der Waals surface area contributed by atoms with Crippen LogP contribution in [0.15, 0.2) is 35.7 Å². The maximum atomic E-state index is 14.0. The van der Waals surface area contributed by atoms with Crippen LogP contribution in [0.3, 0.4) is 0 Å². The first-order valence-corrected chi connectivity index (χ1v) is 13.1. The molecule has 1 aromatic carbocycles. The first-order chi connectivity index (χ1) is 16.9. The van der Waals surface area contributed by atoms with Gasteiger partial charge in [-0.15, -0.1) is 11.3 Å². The van der Waals surface area contributed by atoms with E-state index in [0.717, 1.165) is 35.0 Å². The minimum atomic E-state index is -1.07. The van der Waals surface area contributed by atoms with Crippen molar-refractivity contribution >= 4 is 33.4 Å². The summed E-state index contributed by atoms with van der Waals surface area (Å²) in [4.78, 5) is 29.7.